The molecule has 15 heavy (non-hydrogen) atoms. The van der Waals surface area contributed by atoms with E-state index in [9.17, 15) is 12.9 Å². The first-order chi connectivity index (χ1) is 6.02. The predicted octanol–water partition coefficient (Wildman–Crippen LogP) is -0.0889. The maximum atomic E-state index is 12.2. The van der Waals surface area contributed by atoms with Crippen LogP contribution in [0.15, 0.2) is 12.1 Å². The summed E-state index contributed by atoms with van der Waals surface area (Å²) in [6, 6.07) is 0. The molecule has 0 aromatic rings. The van der Waals surface area contributed by atoms with Crippen molar-refractivity contribution in [2.75, 3.05) is 20.1 Å². The van der Waals surface area contributed by atoms with Crippen LogP contribution in [0.25, 0.3) is 0 Å². The second-order valence-corrected chi connectivity index (χ2v) is 4.97. The van der Waals surface area contributed by atoms with E-state index in [0.717, 1.165) is 0 Å². The zero-order valence-electron chi connectivity index (χ0n) is 10.3. The number of hydrogen-bond donors (Lipinski definition) is 0. The van der Waals surface area contributed by atoms with Gasteiger partial charge in [0.15, 0.2) is 0 Å². The van der Waals surface area contributed by atoms with Gasteiger partial charge in [-0.2, -0.15) is 0 Å². The van der Waals surface area contributed by atoms with Gasteiger partial charge in [-0.25, -0.2) is 0 Å². The fourth-order valence-electron chi connectivity index (χ4n) is 1.32. The van der Waals surface area contributed by atoms with E-state index in [-0.39, 0.29) is 63.3 Å². The summed E-state index contributed by atoms with van der Waals surface area (Å²) in [4.78, 5) is 1.65. The topological polar surface area (TPSA) is 3.24 Å². The molecular formula is C9H18BF3KN. The first-order valence-electron chi connectivity index (χ1n) is 4.58. The SMILES string of the molecule is C=C(CN(C)CC(C)(C)C)[B-](F)(F)F.[K+]. The maximum Gasteiger partial charge on any atom is 1.00 e. The summed E-state index contributed by atoms with van der Waals surface area (Å²) in [5.41, 5.74) is -0.620. The average Bonchev–Trinajstić information content (AvgIpc) is 1.79. The summed E-state index contributed by atoms with van der Waals surface area (Å²) in [7, 11) is 1.68. The Bertz CT molecular complexity index is 210. The molecule has 0 saturated heterocycles. The van der Waals surface area contributed by atoms with Crippen LogP contribution in [0.5, 0.6) is 0 Å². The Hall–Kier alpha value is 1.19. The van der Waals surface area contributed by atoms with Gasteiger partial charge in [-0.15, -0.1) is 12.1 Å². The second kappa shape index (κ2) is 6.81. The van der Waals surface area contributed by atoms with E-state index in [1.54, 1.807) is 11.9 Å². The molecule has 0 bridgehead atoms. The van der Waals surface area contributed by atoms with Crippen LogP contribution in [-0.2, 0) is 0 Å². The molecule has 0 aliphatic rings. The van der Waals surface area contributed by atoms with Gasteiger partial charge >= 0.3 is 58.4 Å². The smallest absolute Gasteiger partial charge is 0.445 e. The van der Waals surface area contributed by atoms with Crippen molar-refractivity contribution >= 4 is 6.98 Å². The van der Waals surface area contributed by atoms with Crippen molar-refractivity contribution in [2.24, 2.45) is 5.41 Å². The summed E-state index contributed by atoms with van der Waals surface area (Å²) in [5, 5.41) is 0. The van der Waals surface area contributed by atoms with E-state index in [1.165, 1.54) is 0 Å². The molecule has 0 aromatic carbocycles. The van der Waals surface area contributed by atoms with Gasteiger partial charge in [0.05, 0.1) is 0 Å². The Labute approximate surface area is 133 Å². The summed E-state index contributed by atoms with van der Waals surface area (Å²) >= 11 is 0. The minimum Gasteiger partial charge on any atom is -0.445 e. The molecule has 0 aliphatic heterocycles. The first kappa shape index (κ1) is 18.6. The van der Waals surface area contributed by atoms with E-state index in [1.807, 2.05) is 20.8 Å². The van der Waals surface area contributed by atoms with Crippen LogP contribution < -0.4 is 51.4 Å². The van der Waals surface area contributed by atoms with Gasteiger partial charge in [0.1, 0.15) is 0 Å². The Morgan fingerprint density at radius 1 is 1.27 bits per heavy atom. The van der Waals surface area contributed by atoms with E-state index in [2.05, 4.69) is 6.58 Å². The van der Waals surface area contributed by atoms with Crippen LogP contribution in [0.2, 0.25) is 0 Å². The van der Waals surface area contributed by atoms with Crippen LogP contribution in [0.1, 0.15) is 20.8 Å². The molecule has 1 nitrogen and oxygen atoms in total. The Morgan fingerprint density at radius 3 is 1.93 bits per heavy atom. The van der Waals surface area contributed by atoms with E-state index >= 15 is 0 Å². The zero-order chi connectivity index (χ0) is 11.6. The zero-order valence-corrected chi connectivity index (χ0v) is 13.4. The van der Waals surface area contributed by atoms with Crippen molar-refractivity contribution in [2.45, 2.75) is 20.8 Å². The van der Waals surface area contributed by atoms with Gasteiger partial charge in [-0.1, -0.05) is 20.8 Å². The van der Waals surface area contributed by atoms with Crippen molar-refractivity contribution in [1.29, 1.82) is 0 Å². The van der Waals surface area contributed by atoms with Crippen LogP contribution in [-0.4, -0.2) is 32.0 Å². The van der Waals surface area contributed by atoms with Crippen molar-refractivity contribution in [3.8, 4) is 0 Å². The number of nitrogens with zero attached hydrogens (tertiary/aromatic N) is 1. The number of halogens is 3. The molecule has 0 fully saturated rings. The first-order valence-corrected chi connectivity index (χ1v) is 4.58. The standard InChI is InChI=1S/C9H18BF3N.K/c1-8(10(11,12)13)6-14(5)7-9(2,3)4;/h1,6-7H2,2-5H3;/q-1;+1. The second-order valence-electron chi connectivity index (χ2n) is 4.97. The van der Waals surface area contributed by atoms with Gasteiger partial charge in [0.25, 0.3) is 0 Å². The van der Waals surface area contributed by atoms with Crippen LogP contribution >= 0.6 is 0 Å². The molecule has 0 radical (unpaired) electrons. The normalized spacial score (nSPS) is 12.5. The Kier molecular flexibility index (Phi) is 8.43. The van der Waals surface area contributed by atoms with Crippen LogP contribution in [0, 0.1) is 5.41 Å². The number of hydrogen-bond acceptors (Lipinski definition) is 1. The number of likely N-dealkylation sites (N-methyl/N-ethyl adjacent to an activating group) is 1. The van der Waals surface area contributed by atoms with Crippen molar-refractivity contribution in [3.63, 3.8) is 0 Å². The molecule has 0 N–H and O–H groups in total. The maximum absolute atomic E-state index is 12.2. The molecule has 0 atom stereocenters. The fraction of sp³-hybridized carbons (Fsp3) is 0.778. The minimum absolute atomic E-state index is 0. The molecule has 0 rings (SSSR count). The van der Waals surface area contributed by atoms with Crippen molar-refractivity contribution in [1.82, 2.24) is 4.90 Å². The van der Waals surface area contributed by atoms with Gasteiger partial charge in [0.2, 0.25) is 0 Å². The van der Waals surface area contributed by atoms with Crippen molar-refractivity contribution < 1.29 is 64.3 Å². The molecule has 0 unspecified atom stereocenters. The predicted molar refractivity (Wildman–Crippen MR) is 55.2 cm³/mol. The summed E-state index contributed by atoms with van der Waals surface area (Å²) in [5.74, 6) is 0. The molecule has 0 spiro atoms. The van der Waals surface area contributed by atoms with E-state index in [4.69, 9.17) is 0 Å². The number of rotatable bonds is 4. The van der Waals surface area contributed by atoms with Crippen LogP contribution in [0.3, 0.4) is 0 Å². The molecule has 0 amide bonds. The third-order valence-electron chi connectivity index (χ3n) is 1.68. The monoisotopic (exact) mass is 247 g/mol. The summed E-state index contributed by atoms with van der Waals surface area (Å²) in [6.07, 6.45) is 0. The Balaban J connectivity index is 0. The van der Waals surface area contributed by atoms with E-state index in [0.29, 0.717) is 6.54 Å². The molecular weight excluding hydrogens is 229 g/mol. The average molecular weight is 247 g/mol. The third kappa shape index (κ3) is 10.1. The molecule has 84 valence electrons. The molecule has 0 aliphatic carbocycles. The fourth-order valence-corrected chi connectivity index (χ4v) is 1.32. The molecule has 6 heteroatoms. The van der Waals surface area contributed by atoms with E-state index < -0.39 is 12.4 Å². The summed E-state index contributed by atoms with van der Waals surface area (Å²) in [6.45, 7) is 4.67. The van der Waals surface area contributed by atoms with Gasteiger partial charge in [-0.3, -0.25) is 0 Å². The minimum atomic E-state index is -4.89. The molecule has 0 aromatic heterocycles. The quantitative estimate of drug-likeness (QED) is 0.628. The van der Waals surface area contributed by atoms with Crippen molar-refractivity contribution in [3.05, 3.63) is 12.1 Å². The van der Waals surface area contributed by atoms with Gasteiger partial charge < -0.3 is 17.8 Å². The largest absolute Gasteiger partial charge is 1.00 e. The van der Waals surface area contributed by atoms with Gasteiger partial charge in [-0.05, 0) is 19.0 Å². The Morgan fingerprint density at radius 2 is 1.67 bits per heavy atom. The molecule has 0 heterocycles. The van der Waals surface area contributed by atoms with Gasteiger partial charge in [0, 0.05) is 6.54 Å². The third-order valence-corrected chi connectivity index (χ3v) is 1.68. The van der Waals surface area contributed by atoms with Crippen LogP contribution in [0.4, 0.5) is 12.9 Å². The molecule has 0 saturated carbocycles. The summed E-state index contributed by atoms with van der Waals surface area (Å²) < 4.78 is 36.5.